The third kappa shape index (κ3) is 2.19. The van der Waals surface area contributed by atoms with Crippen LogP contribution in [0.4, 0.5) is 0 Å². The van der Waals surface area contributed by atoms with Crippen LogP contribution in [-0.4, -0.2) is 30.8 Å². The van der Waals surface area contributed by atoms with Gasteiger partial charge in [-0.05, 0) is 12.5 Å². The van der Waals surface area contributed by atoms with Crippen LogP contribution in [0.1, 0.15) is 12.2 Å². The minimum absolute atomic E-state index is 0.638. The van der Waals surface area contributed by atoms with E-state index in [2.05, 4.69) is 20.4 Å². The van der Waals surface area contributed by atoms with Crippen LogP contribution in [0.15, 0.2) is 18.5 Å². The third-order valence-corrected chi connectivity index (χ3v) is 2.61. The van der Waals surface area contributed by atoms with Crippen molar-refractivity contribution in [2.45, 2.75) is 12.8 Å². The third-order valence-electron chi connectivity index (χ3n) is 2.34. The summed E-state index contributed by atoms with van der Waals surface area (Å²) in [5.74, 6) is 2.38. The number of nitrogens with zero attached hydrogens (tertiary/aromatic N) is 5. The van der Waals surface area contributed by atoms with Crippen LogP contribution in [0, 0.1) is 0 Å². The molecule has 2 aromatic rings. The molecule has 0 radical (unpaired) electrons. The van der Waals surface area contributed by atoms with E-state index >= 15 is 0 Å². The highest BCUT2D eigenvalue weighted by Crippen LogP contribution is 2.15. The van der Waals surface area contributed by atoms with Crippen molar-refractivity contribution in [2.24, 2.45) is 7.05 Å². The highest BCUT2D eigenvalue weighted by atomic mass is 35.5. The summed E-state index contributed by atoms with van der Waals surface area (Å²) in [6.45, 7) is 0. The first-order valence-electron chi connectivity index (χ1n) is 5.04. The molecule has 0 aromatic carbocycles. The molecule has 0 aliphatic heterocycles. The van der Waals surface area contributed by atoms with E-state index < -0.39 is 0 Å². The van der Waals surface area contributed by atoms with Crippen molar-refractivity contribution in [1.29, 1.82) is 0 Å². The van der Waals surface area contributed by atoms with Gasteiger partial charge < -0.3 is 4.57 Å². The molecular weight excluding hydrogens is 226 g/mol. The van der Waals surface area contributed by atoms with E-state index in [0.717, 1.165) is 30.1 Å². The maximum Gasteiger partial charge on any atom is 0.165 e. The smallest absolute Gasteiger partial charge is 0.165 e. The maximum absolute atomic E-state index is 5.65. The SMILES string of the molecule is Cn1c(CCCCl)nnc1-c1ccnnc1. The molecule has 0 atom stereocenters. The monoisotopic (exact) mass is 237 g/mol. The number of alkyl halides is 1. The van der Waals surface area contributed by atoms with E-state index in [0.29, 0.717) is 5.88 Å². The molecule has 16 heavy (non-hydrogen) atoms. The van der Waals surface area contributed by atoms with Gasteiger partial charge in [-0.15, -0.1) is 21.8 Å². The Labute approximate surface area is 98.5 Å². The molecule has 0 N–H and O–H groups in total. The average molecular weight is 238 g/mol. The van der Waals surface area contributed by atoms with Crippen LogP contribution in [0.2, 0.25) is 0 Å². The summed E-state index contributed by atoms with van der Waals surface area (Å²) in [4.78, 5) is 0. The van der Waals surface area contributed by atoms with E-state index in [1.54, 1.807) is 12.4 Å². The van der Waals surface area contributed by atoms with Crippen molar-refractivity contribution in [3.05, 3.63) is 24.3 Å². The summed E-state index contributed by atoms with van der Waals surface area (Å²) >= 11 is 5.65. The molecular formula is C10H12ClN5. The van der Waals surface area contributed by atoms with Crippen molar-refractivity contribution in [2.75, 3.05) is 5.88 Å². The standard InChI is InChI=1S/C10H12ClN5/c1-16-9(3-2-5-11)14-15-10(16)8-4-6-12-13-7-8/h4,6-7H,2-3,5H2,1H3. The number of aryl methyl sites for hydroxylation is 1. The molecule has 0 fully saturated rings. The van der Waals surface area contributed by atoms with Crippen LogP contribution in [0.5, 0.6) is 0 Å². The van der Waals surface area contributed by atoms with Crippen molar-refractivity contribution in [1.82, 2.24) is 25.0 Å². The topological polar surface area (TPSA) is 56.5 Å². The van der Waals surface area contributed by atoms with Crippen LogP contribution >= 0.6 is 11.6 Å². The van der Waals surface area contributed by atoms with Crippen LogP contribution in [0.25, 0.3) is 11.4 Å². The summed E-state index contributed by atoms with van der Waals surface area (Å²) in [5, 5.41) is 15.8. The van der Waals surface area contributed by atoms with Gasteiger partial charge in [-0.1, -0.05) is 0 Å². The molecule has 0 unspecified atom stereocenters. The lowest BCUT2D eigenvalue weighted by Gasteiger charge is -2.02. The Kier molecular flexibility index (Phi) is 3.46. The number of hydrogen-bond acceptors (Lipinski definition) is 4. The van der Waals surface area contributed by atoms with Gasteiger partial charge in [-0.3, -0.25) is 0 Å². The molecule has 5 nitrogen and oxygen atoms in total. The van der Waals surface area contributed by atoms with Gasteiger partial charge in [0, 0.05) is 24.9 Å². The second-order valence-corrected chi connectivity index (χ2v) is 3.80. The van der Waals surface area contributed by atoms with Crippen molar-refractivity contribution in [3.8, 4) is 11.4 Å². The molecule has 0 saturated carbocycles. The molecule has 0 bridgehead atoms. The lowest BCUT2D eigenvalue weighted by atomic mass is 10.3. The molecule has 0 saturated heterocycles. The van der Waals surface area contributed by atoms with Crippen LogP contribution in [-0.2, 0) is 13.5 Å². The highest BCUT2D eigenvalue weighted by Gasteiger charge is 2.09. The summed E-state index contributed by atoms with van der Waals surface area (Å²) in [5.41, 5.74) is 0.919. The van der Waals surface area contributed by atoms with Crippen molar-refractivity contribution in [3.63, 3.8) is 0 Å². The Balaban J connectivity index is 2.27. The second kappa shape index (κ2) is 5.03. The fraction of sp³-hybridized carbons (Fsp3) is 0.400. The first kappa shape index (κ1) is 11.0. The predicted octanol–water partition coefficient (Wildman–Crippen LogP) is 1.44. The van der Waals surface area contributed by atoms with Crippen molar-refractivity contribution < 1.29 is 0 Å². The number of halogens is 1. The molecule has 2 heterocycles. The molecule has 2 rings (SSSR count). The Morgan fingerprint density at radius 1 is 1.31 bits per heavy atom. The molecule has 0 aliphatic rings. The lowest BCUT2D eigenvalue weighted by molar-refractivity contribution is 0.762. The Morgan fingerprint density at radius 2 is 2.19 bits per heavy atom. The minimum Gasteiger partial charge on any atom is -0.314 e. The number of hydrogen-bond donors (Lipinski definition) is 0. The zero-order valence-corrected chi connectivity index (χ0v) is 9.72. The van der Waals surface area contributed by atoms with Gasteiger partial charge in [-0.2, -0.15) is 10.2 Å². The predicted molar refractivity (Wildman–Crippen MR) is 61.1 cm³/mol. The molecule has 0 aliphatic carbocycles. The van der Waals surface area contributed by atoms with Gasteiger partial charge in [0.1, 0.15) is 5.82 Å². The second-order valence-electron chi connectivity index (χ2n) is 3.42. The maximum atomic E-state index is 5.65. The van der Waals surface area contributed by atoms with Gasteiger partial charge in [0.2, 0.25) is 0 Å². The van der Waals surface area contributed by atoms with E-state index in [4.69, 9.17) is 11.6 Å². The zero-order chi connectivity index (χ0) is 11.4. The van der Waals surface area contributed by atoms with E-state index in [-0.39, 0.29) is 0 Å². The largest absolute Gasteiger partial charge is 0.314 e. The Morgan fingerprint density at radius 3 is 2.88 bits per heavy atom. The normalized spacial score (nSPS) is 10.6. The number of rotatable bonds is 4. The van der Waals surface area contributed by atoms with Gasteiger partial charge in [0.05, 0.1) is 12.4 Å². The first-order valence-corrected chi connectivity index (χ1v) is 5.57. The Bertz CT molecular complexity index is 453. The minimum atomic E-state index is 0.638. The lowest BCUT2D eigenvalue weighted by Crippen LogP contribution is -2.00. The molecule has 84 valence electrons. The summed E-state index contributed by atoms with van der Waals surface area (Å²) in [6.07, 6.45) is 5.06. The number of aromatic nitrogens is 5. The Hall–Kier alpha value is -1.49. The quantitative estimate of drug-likeness (QED) is 0.756. The van der Waals surface area contributed by atoms with E-state index in [9.17, 15) is 0 Å². The molecule has 0 spiro atoms. The summed E-state index contributed by atoms with van der Waals surface area (Å²) < 4.78 is 1.96. The van der Waals surface area contributed by atoms with Gasteiger partial charge in [0.15, 0.2) is 5.82 Å². The van der Waals surface area contributed by atoms with E-state index in [1.807, 2.05) is 17.7 Å². The van der Waals surface area contributed by atoms with Crippen LogP contribution < -0.4 is 0 Å². The van der Waals surface area contributed by atoms with E-state index in [1.165, 1.54) is 0 Å². The molecule has 2 aromatic heterocycles. The fourth-order valence-electron chi connectivity index (χ4n) is 1.48. The summed E-state index contributed by atoms with van der Waals surface area (Å²) in [6, 6.07) is 1.86. The summed E-state index contributed by atoms with van der Waals surface area (Å²) in [7, 11) is 1.94. The average Bonchev–Trinajstić information content (AvgIpc) is 2.69. The molecule has 0 amide bonds. The van der Waals surface area contributed by atoms with Gasteiger partial charge >= 0.3 is 0 Å². The molecule has 6 heteroatoms. The highest BCUT2D eigenvalue weighted by molar-refractivity contribution is 6.17. The van der Waals surface area contributed by atoms with Crippen molar-refractivity contribution >= 4 is 11.6 Å². The zero-order valence-electron chi connectivity index (χ0n) is 8.97. The first-order chi connectivity index (χ1) is 7.83. The van der Waals surface area contributed by atoms with Gasteiger partial charge in [0.25, 0.3) is 0 Å². The fourth-order valence-corrected chi connectivity index (χ4v) is 1.61. The van der Waals surface area contributed by atoms with Gasteiger partial charge in [-0.25, -0.2) is 0 Å². The van der Waals surface area contributed by atoms with Crippen LogP contribution in [0.3, 0.4) is 0 Å².